The molecule has 0 saturated carbocycles. The van der Waals surface area contributed by atoms with E-state index in [1.54, 1.807) is 18.2 Å². The number of benzene rings is 2. The Hall–Kier alpha value is -2.40. The minimum absolute atomic E-state index is 0.102. The van der Waals surface area contributed by atoms with E-state index >= 15 is 0 Å². The molecule has 0 radical (unpaired) electrons. The first kappa shape index (κ1) is 20.9. The third-order valence-corrected chi connectivity index (χ3v) is 7.83. The number of carbonyl (C=O) groups excluding carboxylic acids is 1. The summed E-state index contributed by atoms with van der Waals surface area (Å²) in [6.07, 6.45) is 0. The molecule has 0 spiro atoms. The van der Waals surface area contributed by atoms with Crippen LogP contribution in [0.3, 0.4) is 0 Å². The Labute approximate surface area is 179 Å². The second-order valence-electron chi connectivity index (χ2n) is 7.36. The molecule has 10 heteroatoms. The van der Waals surface area contributed by atoms with E-state index in [4.69, 9.17) is 0 Å². The summed E-state index contributed by atoms with van der Waals surface area (Å²) in [6, 6.07) is 12.3. The summed E-state index contributed by atoms with van der Waals surface area (Å²) in [6.45, 7) is 5.41. The molecule has 2 heterocycles. The molecule has 1 atom stereocenters. The fraction of sp³-hybridized carbons (Fsp3) is 0.350. The Morgan fingerprint density at radius 1 is 1.10 bits per heavy atom. The van der Waals surface area contributed by atoms with Gasteiger partial charge in [0, 0.05) is 31.9 Å². The number of carbonyl (C=O) groups is 1. The number of piperazine rings is 1. The summed E-state index contributed by atoms with van der Waals surface area (Å²) in [5, 5.41) is 2.94. The molecule has 1 amide bonds. The van der Waals surface area contributed by atoms with Crippen molar-refractivity contribution in [2.75, 3.05) is 31.5 Å². The monoisotopic (exact) mass is 445 g/mol. The molecule has 1 aliphatic heterocycles. The molecule has 8 nitrogen and oxygen atoms in total. The Kier molecular flexibility index (Phi) is 5.83. The first-order valence-electron chi connectivity index (χ1n) is 9.69. The van der Waals surface area contributed by atoms with E-state index in [9.17, 15) is 13.2 Å². The zero-order chi connectivity index (χ0) is 21.3. The number of anilines is 1. The van der Waals surface area contributed by atoms with E-state index in [2.05, 4.69) is 14.1 Å². The van der Waals surface area contributed by atoms with E-state index in [0.717, 1.165) is 23.0 Å². The fourth-order valence-electron chi connectivity index (χ4n) is 3.60. The van der Waals surface area contributed by atoms with Crippen LogP contribution in [0.1, 0.15) is 12.5 Å². The van der Waals surface area contributed by atoms with Crippen molar-refractivity contribution in [2.45, 2.75) is 24.8 Å². The van der Waals surface area contributed by atoms with Crippen LogP contribution in [-0.2, 0) is 14.8 Å². The van der Waals surface area contributed by atoms with Crippen molar-refractivity contribution < 1.29 is 13.2 Å². The van der Waals surface area contributed by atoms with Crippen molar-refractivity contribution in [3.63, 3.8) is 0 Å². The highest BCUT2D eigenvalue weighted by Crippen LogP contribution is 2.25. The topological polar surface area (TPSA) is 95.5 Å². The van der Waals surface area contributed by atoms with Crippen molar-refractivity contribution in [1.29, 1.82) is 0 Å². The van der Waals surface area contributed by atoms with E-state index in [0.29, 0.717) is 37.2 Å². The van der Waals surface area contributed by atoms with Crippen LogP contribution >= 0.6 is 11.7 Å². The predicted octanol–water partition coefficient (Wildman–Crippen LogP) is 2.33. The van der Waals surface area contributed by atoms with Gasteiger partial charge in [-0.2, -0.15) is 13.1 Å². The standard InChI is InChI=1S/C20H23N5O3S2/c1-14-5-3-6-16(13-14)21-20(26)15(2)24-9-11-25(12-10-24)30(27,28)18-8-4-7-17-19(18)23-29-22-17/h3-8,13,15H,9-12H2,1-2H3,(H,21,26)/t15-/m0/s1. The molecule has 1 fully saturated rings. The molecule has 1 N–H and O–H groups in total. The number of hydrogen-bond donors (Lipinski definition) is 1. The average Bonchev–Trinajstić information content (AvgIpc) is 3.22. The zero-order valence-electron chi connectivity index (χ0n) is 16.8. The lowest BCUT2D eigenvalue weighted by atomic mass is 10.2. The second kappa shape index (κ2) is 8.38. The number of amides is 1. The number of hydrogen-bond acceptors (Lipinski definition) is 7. The Morgan fingerprint density at radius 3 is 2.57 bits per heavy atom. The third-order valence-electron chi connectivity index (χ3n) is 5.35. The Balaban J connectivity index is 1.42. The van der Waals surface area contributed by atoms with Gasteiger partial charge in [-0.05, 0) is 43.7 Å². The third kappa shape index (κ3) is 4.08. The molecule has 1 aliphatic rings. The van der Waals surface area contributed by atoms with E-state index < -0.39 is 10.0 Å². The molecule has 0 bridgehead atoms. The number of aromatic nitrogens is 2. The van der Waals surface area contributed by atoms with Crippen molar-refractivity contribution in [1.82, 2.24) is 18.0 Å². The SMILES string of the molecule is Cc1cccc(NC(=O)[C@H](C)N2CCN(S(=O)(=O)c3cccc4nsnc34)CC2)c1. The normalized spacial score (nSPS) is 17.1. The molecule has 3 aromatic rings. The summed E-state index contributed by atoms with van der Waals surface area (Å²) in [4.78, 5) is 14.8. The molecule has 0 aliphatic carbocycles. The second-order valence-corrected chi connectivity index (χ2v) is 9.80. The maximum absolute atomic E-state index is 13.1. The van der Waals surface area contributed by atoms with Gasteiger partial charge in [0.15, 0.2) is 0 Å². The van der Waals surface area contributed by atoms with E-state index in [-0.39, 0.29) is 16.8 Å². The molecule has 158 valence electrons. The van der Waals surface area contributed by atoms with E-state index in [1.165, 1.54) is 4.31 Å². The van der Waals surface area contributed by atoms with Gasteiger partial charge in [0.05, 0.1) is 17.8 Å². The van der Waals surface area contributed by atoms with Crippen LogP contribution in [0.25, 0.3) is 11.0 Å². The van der Waals surface area contributed by atoms with Gasteiger partial charge >= 0.3 is 0 Å². The van der Waals surface area contributed by atoms with Crippen LogP contribution in [0.15, 0.2) is 47.4 Å². The number of rotatable bonds is 5. The summed E-state index contributed by atoms with van der Waals surface area (Å²) < 4.78 is 36.0. The lowest BCUT2D eigenvalue weighted by Gasteiger charge is -2.36. The largest absolute Gasteiger partial charge is 0.325 e. The molecule has 0 unspecified atom stereocenters. The lowest BCUT2D eigenvalue weighted by Crippen LogP contribution is -2.53. The van der Waals surface area contributed by atoms with Crippen LogP contribution in [0.2, 0.25) is 0 Å². The Bertz CT molecular complexity index is 1170. The van der Waals surface area contributed by atoms with Gasteiger partial charge in [0.25, 0.3) is 0 Å². The van der Waals surface area contributed by atoms with Crippen LogP contribution in [-0.4, -0.2) is 64.5 Å². The lowest BCUT2D eigenvalue weighted by molar-refractivity contribution is -0.121. The van der Waals surface area contributed by atoms with Crippen LogP contribution in [0.5, 0.6) is 0 Å². The maximum Gasteiger partial charge on any atom is 0.245 e. The highest BCUT2D eigenvalue weighted by Gasteiger charge is 2.33. The van der Waals surface area contributed by atoms with Crippen LogP contribution < -0.4 is 5.32 Å². The number of sulfonamides is 1. The highest BCUT2D eigenvalue weighted by molar-refractivity contribution is 7.89. The van der Waals surface area contributed by atoms with Crippen LogP contribution in [0, 0.1) is 6.92 Å². The minimum Gasteiger partial charge on any atom is -0.325 e. The van der Waals surface area contributed by atoms with Crippen molar-refractivity contribution in [2.24, 2.45) is 0 Å². The molecular weight excluding hydrogens is 422 g/mol. The van der Waals surface area contributed by atoms with Gasteiger partial charge in [-0.25, -0.2) is 8.42 Å². The molecule has 4 rings (SSSR count). The zero-order valence-corrected chi connectivity index (χ0v) is 18.4. The first-order valence-corrected chi connectivity index (χ1v) is 11.9. The molecule has 2 aromatic carbocycles. The highest BCUT2D eigenvalue weighted by atomic mass is 32.2. The average molecular weight is 446 g/mol. The maximum atomic E-state index is 13.1. The van der Waals surface area contributed by atoms with Gasteiger partial charge < -0.3 is 5.32 Å². The Morgan fingerprint density at radius 2 is 1.83 bits per heavy atom. The quantitative estimate of drug-likeness (QED) is 0.648. The number of nitrogens with one attached hydrogen (secondary N) is 1. The van der Waals surface area contributed by atoms with Crippen molar-refractivity contribution >= 4 is 44.4 Å². The van der Waals surface area contributed by atoms with Crippen molar-refractivity contribution in [3.8, 4) is 0 Å². The fourth-order valence-corrected chi connectivity index (χ4v) is 5.77. The summed E-state index contributed by atoms with van der Waals surface area (Å²) in [7, 11) is -3.67. The molecule has 1 aromatic heterocycles. The summed E-state index contributed by atoms with van der Waals surface area (Å²) in [5.41, 5.74) is 2.83. The van der Waals surface area contributed by atoms with Crippen LogP contribution in [0.4, 0.5) is 5.69 Å². The van der Waals surface area contributed by atoms with Gasteiger partial charge in [0.1, 0.15) is 15.9 Å². The smallest absolute Gasteiger partial charge is 0.245 e. The van der Waals surface area contributed by atoms with Crippen molar-refractivity contribution in [3.05, 3.63) is 48.0 Å². The molecular formula is C20H23N5O3S2. The van der Waals surface area contributed by atoms with Gasteiger partial charge in [-0.3, -0.25) is 9.69 Å². The first-order chi connectivity index (χ1) is 14.4. The predicted molar refractivity (Wildman–Crippen MR) is 117 cm³/mol. The minimum atomic E-state index is -3.67. The molecule has 1 saturated heterocycles. The van der Waals surface area contributed by atoms with Gasteiger partial charge in [0.2, 0.25) is 15.9 Å². The summed E-state index contributed by atoms with van der Waals surface area (Å²) in [5.74, 6) is -0.102. The number of fused-ring (bicyclic) bond motifs is 1. The summed E-state index contributed by atoms with van der Waals surface area (Å²) >= 11 is 1.00. The molecule has 30 heavy (non-hydrogen) atoms. The van der Waals surface area contributed by atoms with Gasteiger partial charge in [-0.1, -0.05) is 18.2 Å². The number of aryl methyl sites for hydroxylation is 1. The van der Waals surface area contributed by atoms with E-state index in [1.807, 2.05) is 43.0 Å². The number of nitrogens with zero attached hydrogens (tertiary/aromatic N) is 4. The van der Waals surface area contributed by atoms with Gasteiger partial charge in [-0.15, -0.1) is 0 Å².